The molecule has 0 unspecified atom stereocenters. The Kier molecular flexibility index (Phi) is 3.81. The van der Waals surface area contributed by atoms with E-state index in [0.29, 0.717) is 5.56 Å². The predicted molar refractivity (Wildman–Crippen MR) is 77.9 cm³/mol. The standard InChI is InChI=1S/C16H16FN3O/c17-15-4-2-1-3-12(15)5-6-16(21)19-13-8-10-20-14(11-13)7-9-18-20/h1-7,9,13H,8,10-11H2,(H,19,21)/b6-5+/t13-/m0/s1. The van der Waals surface area contributed by atoms with Crippen molar-refractivity contribution in [1.82, 2.24) is 15.1 Å². The highest BCUT2D eigenvalue weighted by atomic mass is 19.1. The summed E-state index contributed by atoms with van der Waals surface area (Å²) < 4.78 is 15.4. The highest BCUT2D eigenvalue weighted by Gasteiger charge is 2.19. The Morgan fingerprint density at radius 2 is 2.24 bits per heavy atom. The van der Waals surface area contributed by atoms with E-state index in [2.05, 4.69) is 10.4 Å². The molecule has 2 heterocycles. The van der Waals surface area contributed by atoms with Gasteiger partial charge in [-0.15, -0.1) is 0 Å². The van der Waals surface area contributed by atoms with Crippen LogP contribution >= 0.6 is 0 Å². The number of halogens is 1. The van der Waals surface area contributed by atoms with Gasteiger partial charge in [0.25, 0.3) is 0 Å². The maximum absolute atomic E-state index is 13.4. The number of rotatable bonds is 3. The molecule has 0 bridgehead atoms. The van der Waals surface area contributed by atoms with Gasteiger partial charge in [0, 0.05) is 42.5 Å². The Balaban J connectivity index is 1.59. The SMILES string of the molecule is O=C(/C=C/c1ccccc1F)N[C@H]1CCn2nccc2C1. The summed E-state index contributed by atoms with van der Waals surface area (Å²) in [6.45, 7) is 0.810. The molecule has 0 aliphatic carbocycles. The molecule has 1 aromatic heterocycles. The molecule has 0 radical (unpaired) electrons. The molecule has 1 N–H and O–H groups in total. The molecule has 2 aromatic rings. The average Bonchev–Trinajstić information content (AvgIpc) is 2.94. The summed E-state index contributed by atoms with van der Waals surface area (Å²) in [6.07, 6.45) is 6.28. The van der Waals surface area contributed by atoms with Crippen LogP contribution in [-0.4, -0.2) is 21.7 Å². The highest BCUT2D eigenvalue weighted by molar-refractivity contribution is 5.91. The predicted octanol–water partition coefficient (Wildman–Crippen LogP) is 2.17. The van der Waals surface area contributed by atoms with E-state index in [1.807, 2.05) is 10.7 Å². The van der Waals surface area contributed by atoms with E-state index >= 15 is 0 Å². The van der Waals surface area contributed by atoms with E-state index in [4.69, 9.17) is 0 Å². The number of nitrogens with zero attached hydrogens (tertiary/aromatic N) is 2. The second kappa shape index (κ2) is 5.91. The molecule has 1 amide bonds. The molecule has 0 fully saturated rings. The van der Waals surface area contributed by atoms with Crippen molar-refractivity contribution >= 4 is 12.0 Å². The molecule has 1 aliphatic rings. The minimum atomic E-state index is -0.330. The minimum absolute atomic E-state index is 0.104. The lowest BCUT2D eigenvalue weighted by molar-refractivity contribution is -0.117. The van der Waals surface area contributed by atoms with Crippen molar-refractivity contribution in [3.8, 4) is 0 Å². The van der Waals surface area contributed by atoms with Crippen molar-refractivity contribution in [3.63, 3.8) is 0 Å². The van der Waals surface area contributed by atoms with Crippen LogP contribution in [0, 0.1) is 5.82 Å². The zero-order valence-electron chi connectivity index (χ0n) is 11.5. The second-order valence-electron chi connectivity index (χ2n) is 5.10. The van der Waals surface area contributed by atoms with Gasteiger partial charge >= 0.3 is 0 Å². The first-order valence-corrected chi connectivity index (χ1v) is 6.96. The number of aryl methyl sites for hydroxylation is 1. The van der Waals surface area contributed by atoms with Crippen LogP contribution in [0.4, 0.5) is 4.39 Å². The zero-order valence-corrected chi connectivity index (χ0v) is 11.5. The number of fused-ring (bicyclic) bond motifs is 1. The van der Waals surface area contributed by atoms with E-state index in [1.54, 1.807) is 24.4 Å². The number of carbonyl (C=O) groups is 1. The summed E-state index contributed by atoms with van der Waals surface area (Å²) in [5.74, 6) is -0.528. The van der Waals surface area contributed by atoms with Crippen LogP contribution in [0.15, 0.2) is 42.6 Å². The van der Waals surface area contributed by atoms with Gasteiger partial charge in [0.05, 0.1) is 0 Å². The summed E-state index contributed by atoms with van der Waals surface area (Å²) in [5, 5.41) is 7.15. The molecular formula is C16H16FN3O. The summed E-state index contributed by atoms with van der Waals surface area (Å²) in [4.78, 5) is 11.9. The van der Waals surface area contributed by atoms with Crippen molar-refractivity contribution in [3.05, 3.63) is 59.7 Å². The molecule has 1 atom stereocenters. The average molecular weight is 285 g/mol. The summed E-state index contributed by atoms with van der Waals surface area (Å²) >= 11 is 0. The molecule has 1 aliphatic heterocycles. The Morgan fingerprint density at radius 3 is 3.10 bits per heavy atom. The normalized spacial score (nSPS) is 17.7. The summed E-state index contributed by atoms with van der Waals surface area (Å²) in [6, 6.07) is 8.44. The van der Waals surface area contributed by atoms with Crippen LogP contribution in [0.2, 0.25) is 0 Å². The Labute approximate surface area is 122 Å². The first kappa shape index (κ1) is 13.5. The van der Waals surface area contributed by atoms with Gasteiger partial charge in [-0.05, 0) is 24.6 Å². The van der Waals surface area contributed by atoms with Gasteiger partial charge < -0.3 is 5.32 Å². The van der Waals surface area contributed by atoms with Gasteiger partial charge in [0.15, 0.2) is 0 Å². The molecule has 21 heavy (non-hydrogen) atoms. The van der Waals surface area contributed by atoms with Gasteiger partial charge in [-0.1, -0.05) is 18.2 Å². The molecule has 0 spiro atoms. The zero-order chi connectivity index (χ0) is 14.7. The van der Waals surface area contributed by atoms with E-state index < -0.39 is 0 Å². The van der Waals surface area contributed by atoms with E-state index in [-0.39, 0.29) is 17.8 Å². The van der Waals surface area contributed by atoms with Crippen molar-refractivity contribution < 1.29 is 9.18 Å². The second-order valence-corrected chi connectivity index (χ2v) is 5.10. The minimum Gasteiger partial charge on any atom is -0.349 e. The lowest BCUT2D eigenvalue weighted by Crippen LogP contribution is -2.39. The van der Waals surface area contributed by atoms with E-state index in [9.17, 15) is 9.18 Å². The fourth-order valence-electron chi connectivity index (χ4n) is 2.52. The van der Waals surface area contributed by atoms with Crippen molar-refractivity contribution in [2.45, 2.75) is 25.4 Å². The van der Waals surface area contributed by atoms with E-state index in [1.165, 1.54) is 18.2 Å². The number of carbonyl (C=O) groups excluding carboxylic acids is 1. The fraction of sp³-hybridized carbons (Fsp3) is 0.250. The number of hydrogen-bond acceptors (Lipinski definition) is 2. The number of hydrogen-bond donors (Lipinski definition) is 1. The lowest BCUT2D eigenvalue weighted by Gasteiger charge is -2.23. The molecule has 5 heteroatoms. The third-order valence-corrected chi connectivity index (χ3v) is 3.62. The smallest absolute Gasteiger partial charge is 0.244 e. The summed E-state index contributed by atoms with van der Waals surface area (Å²) in [7, 11) is 0. The first-order chi connectivity index (χ1) is 10.2. The topological polar surface area (TPSA) is 46.9 Å². The van der Waals surface area contributed by atoms with Crippen molar-refractivity contribution in [2.75, 3.05) is 0 Å². The van der Waals surface area contributed by atoms with Crippen LogP contribution in [0.1, 0.15) is 17.7 Å². The third kappa shape index (κ3) is 3.18. The number of benzene rings is 1. The first-order valence-electron chi connectivity index (χ1n) is 6.96. The van der Waals surface area contributed by atoms with Gasteiger partial charge in [0.1, 0.15) is 5.82 Å². The van der Waals surface area contributed by atoms with Gasteiger partial charge in [-0.2, -0.15) is 5.10 Å². The van der Waals surface area contributed by atoms with Crippen LogP contribution in [0.5, 0.6) is 0 Å². The number of amides is 1. The quantitative estimate of drug-likeness (QED) is 0.879. The largest absolute Gasteiger partial charge is 0.349 e. The molecule has 0 saturated carbocycles. The van der Waals surface area contributed by atoms with Crippen LogP contribution in [-0.2, 0) is 17.8 Å². The lowest BCUT2D eigenvalue weighted by atomic mass is 10.0. The molecular weight excluding hydrogens is 269 g/mol. The van der Waals surface area contributed by atoms with Gasteiger partial charge in [-0.3, -0.25) is 9.48 Å². The van der Waals surface area contributed by atoms with E-state index in [0.717, 1.165) is 25.1 Å². The molecule has 0 saturated heterocycles. The van der Waals surface area contributed by atoms with Crippen LogP contribution in [0.25, 0.3) is 6.08 Å². The van der Waals surface area contributed by atoms with Crippen molar-refractivity contribution in [1.29, 1.82) is 0 Å². The summed E-state index contributed by atoms with van der Waals surface area (Å²) in [5.41, 5.74) is 1.54. The fourth-order valence-corrected chi connectivity index (χ4v) is 2.52. The Bertz CT molecular complexity index is 678. The number of nitrogens with one attached hydrogen (secondary N) is 1. The molecule has 4 nitrogen and oxygen atoms in total. The number of aromatic nitrogens is 2. The highest BCUT2D eigenvalue weighted by Crippen LogP contribution is 2.14. The Hall–Kier alpha value is -2.43. The van der Waals surface area contributed by atoms with Gasteiger partial charge in [0.2, 0.25) is 5.91 Å². The van der Waals surface area contributed by atoms with Crippen molar-refractivity contribution in [2.24, 2.45) is 0 Å². The Morgan fingerprint density at radius 1 is 1.38 bits per heavy atom. The van der Waals surface area contributed by atoms with Crippen LogP contribution in [0.3, 0.4) is 0 Å². The maximum Gasteiger partial charge on any atom is 0.244 e. The molecule has 3 rings (SSSR count). The van der Waals surface area contributed by atoms with Crippen LogP contribution < -0.4 is 5.32 Å². The molecule has 1 aromatic carbocycles. The molecule has 108 valence electrons. The van der Waals surface area contributed by atoms with Gasteiger partial charge in [-0.25, -0.2) is 4.39 Å². The monoisotopic (exact) mass is 285 g/mol. The third-order valence-electron chi connectivity index (χ3n) is 3.62. The maximum atomic E-state index is 13.4.